The molecule has 0 fully saturated rings. The lowest BCUT2D eigenvalue weighted by molar-refractivity contribution is -0.136. The van der Waals surface area contributed by atoms with Gasteiger partial charge in [-0.05, 0) is 43.2 Å². The van der Waals surface area contributed by atoms with Crippen LogP contribution in [0.3, 0.4) is 0 Å². The van der Waals surface area contributed by atoms with E-state index in [2.05, 4.69) is 10.4 Å². The number of hydrogen-bond acceptors (Lipinski definition) is 3. The summed E-state index contributed by atoms with van der Waals surface area (Å²) in [5.74, 6) is -1.06. The summed E-state index contributed by atoms with van der Waals surface area (Å²) in [4.78, 5) is 23.1. The van der Waals surface area contributed by atoms with E-state index in [1.54, 1.807) is 6.08 Å². The van der Waals surface area contributed by atoms with Gasteiger partial charge in [0, 0.05) is 23.0 Å². The van der Waals surface area contributed by atoms with Gasteiger partial charge in [-0.1, -0.05) is 42.5 Å². The van der Waals surface area contributed by atoms with E-state index < -0.39 is 5.97 Å². The maximum atomic E-state index is 12.1. The van der Waals surface area contributed by atoms with Crippen molar-refractivity contribution >= 4 is 23.6 Å². The molecular formula is C23H23N3O3. The highest BCUT2D eigenvalue weighted by Gasteiger charge is 2.14. The molecule has 0 spiro atoms. The fraction of sp³-hybridized carbons (Fsp3) is 0.174. The van der Waals surface area contributed by atoms with Crippen molar-refractivity contribution in [2.75, 3.05) is 5.32 Å². The minimum atomic E-state index is -0.864. The topological polar surface area (TPSA) is 84.2 Å². The van der Waals surface area contributed by atoms with Crippen LogP contribution in [-0.2, 0) is 22.6 Å². The number of aromatic nitrogens is 2. The van der Waals surface area contributed by atoms with E-state index in [4.69, 9.17) is 5.11 Å². The second-order valence-electron chi connectivity index (χ2n) is 6.81. The molecule has 0 aliphatic rings. The minimum Gasteiger partial charge on any atom is -0.481 e. The van der Waals surface area contributed by atoms with Crippen LogP contribution in [0.1, 0.15) is 28.1 Å². The van der Waals surface area contributed by atoms with Gasteiger partial charge in [0.1, 0.15) is 0 Å². The van der Waals surface area contributed by atoms with Gasteiger partial charge in [0.05, 0.1) is 18.7 Å². The lowest BCUT2D eigenvalue weighted by Crippen LogP contribution is -2.08. The summed E-state index contributed by atoms with van der Waals surface area (Å²) in [7, 11) is 0. The predicted molar refractivity (Wildman–Crippen MR) is 113 cm³/mol. The average molecular weight is 389 g/mol. The average Bonchev–Trinajstić information content (AvgIpc) is 2.96. The van der Waals surface area contributed by atoms with Crippen LogP contribution in [0.25, 0.3) is 6.08 Å². The Morgan fingerprint density at radius 3 is 2.41 bits per heavy atom. The van der Waals surface area contributed by atoms with Crippen LogP contribution < -0.4 is 5.32 Å². The van der Waals surface area contributed by atoms with E-state index in [0.29, 0.717) is 12.2 Å². The highest BCUT2D eigenvalue weighted by atomic mass is 16.4. The van der Waals surface area contributed by atoms with Crippen molar-refractivity contribution in [3.05, 3.63) is 88.8 Å². The molecule has 0 aliphatic carbocycles. The summed E-state index contributed by atoms with van der Waals surface area (Å²) in [6, 6.07) is 17.2. The van der Waals surface area contributed by atoms with Crippen LogP contribution >= 0.6 is 0 Å². The Labute approximate surface area is 169 Å². The molecular weight excluding hydrogens is 366 g/mol. The molecule has 148 valence electrons. The van der Waals surface area contributed by atoms with Crippen molar-refractivity contribution in [3.8, 4) is 0 Å². The van der Waals surface area contributed by atoms with Gasteiger partial charge < -0.3 is 10.4 Å². The van der Waals surface area contributed by atoms with E-state index in [9.17, 15) is 9.59 Å². The van der Waals surface area contributed by atoms with Gasteiger partial charge in [0.2, 0.25) is 5.91 Å². The molecule has 29 heavy (non-hydrogen) atoms. The number of rotatable bonds is 7. The minimum absolute atomic E-state index is 0.0286. The first-order chi connectivity index (χ1) is 13.9. The first-order valence-corrected chi connectivity index (χ1v) is 9.30. The number of hydrogen-bond donors (Lipinski definition) is 2. The first kappa shape index (κ1) is 20.1. The molecule has 0 saturated heterocycles. The Bertz CT molecular complexity index is 1040. The summed E-state index contributed by atoms with van der Waals surface area (Å²) in [5.41, 5.74) is 5.02. The zero-order chi connectivity index (χ0) is 20.8. The number of carbonyl (C=O) groups excluding carboxylic acids is 1. The summed E-state index contributed by atoms with van der Waals surface area (Å²) in [6.45, 7) is 4.24. The molecule has 2 N–H and O–H groups in total. The molecule has 0 bridgehead atoms. The van der Waals surface area contributed by atoms with E-state index in [0.717, 1.165) is 28.1 Å². The van der Waals surface area contributed by atoms with Crippen LogP contribution in [0.2, 0.25) is 0 Å². The van der Waals surface area contributed by atoms with Crippen LogP contribution in [0.4, 0.5) is 5.69 Å². The number of aliphatic carboxylic acids is 1. The number of nitrogens with one attached hydrogen (secondary N) is 1. The van der Waals surface area contributed by atoms with E-state index in [1.807, 2.05) is 73.1 Å². The Morgan fingerprint density at radius 1 is 1.07 bits per heavy atom. The largest absolute Gasteiger partial charge is 0.481 e. The van der Waals surface area contributed by atoms with Crippen molar-refractivity contribution in [2.24, 2.45) is 0 Å². The standard InChI is InChI=1S/C23H23N3O3/c1-16-21(14-23(28)29)17(2)26(25-16)15-19-8-11-20(12-9-19)24-22(27)13-10-18-6-4-3-5-7-18/h3-13H,14-15H2,1-2H3,(H,24,27)(H,28,29). The molecule has 0 saturated carbocycles. The number of anilines is 1. The zero-order valence-corrected chi connectivity index (χ0v) is 16.4. The van der Waals surface area contributed by atoms with Crippen LogP contribution in [0.15, 0.2) is 60.7 Å². The summed E-state index contributed by atoms with van der Waals surface area (Å²) in [5, 5.41) is 16.3. The fourth-order valence-corrected chi connectivity index (χ4v) is 3.08. The van der Waals surface area contributed by atoms with Gasteiger partial charge in [-0.25, -0.2) is 0 Å². The second kappa shape index (κ2) is 9.01. The van der Waals surface area contributed by atoms with E-state index in [-0.39, 0.29) is 12.3 Å². The molecule has 6 heteroatoms. The highest BCUT2D eigenvalue weighted by molar-refractivity contribution is 6.01. The molecule has 3 aromatic rings. The molecule has 1 aromatic heterocycles. The zero-order valence-electron chi connectivity index (χ0n) is 16.4. The van der Waals surface area contributed by atoms with Gasteiger partial charge in [-0.15, -0.1) is 0 Å². The molecule has 0 radical (unpaired) electrons. The lowest BCUT2D eigenvalue weighted by atomic mass is 10.1. The van der Waals surface area contributed by atoms with Gasteiger partial charge >= 0.3 is 5.97 Å². The lowest BCUT2D eigenvalue weighted by Gasteiger charge is -2.07. The van der Waals surface area contributed by atoms with Crippen LogP contribution in [0, 0.1) is 13.8 Å². The molecule has 6 nitrogen and oxygen atoms in total. The number of carbonyl (C=O) groups is 2. The fourth-order valence-electron chi connectivity index (χ4n) is 3.08. The molecule has 3 rings (SSSR count). The number of amides is 1. The number of carboxylic acids is 1. The van der Waals surface area contributed by atoms with Crippen molar-refractivity contribution in [3.63, 3.8) is 0 Å². The quantitative estimate of drug-likeness (QED) is 0.602. The monoisotopic (exact) mass is 389 g/mol. The number of nitrogens with zero attached hydrogens (tertiary/aromatic N) is 2. The third-order valence-electron chi connectivity index (χ3n) is 4.64. The highest BCUT2D eigenvalue weighted by Crippen LogP contribution is 2.17. The molecule has 0 atom stereocenters. The maximum absolute atomic E-state index is 12.1. The molecule has 0 aliphatic heterocycles. The van der Waals surface area contributed by atoms with Crippen LogP contribution in [0.5, 0.6) is 0 Å². The van der Waals surface area contributed by atoms with E-state index in [1.165, 1.54) is 6.08 Å². The molecule has 1 heterocycles. The van der Waals surface area contributed by atoms with E-state index >= 15 is 0 Å². The summed E-state index contributed by atoms with van der Waals surface area (Å²) in [6.07, 6.45) is 3.24. The maximum Gasteiger partial charge on any atom is 0.307 e. The smallest absolute Gasteiger partial charge is 0.307 e. The van der Waals surface area contributed by atoms with Crippen molar-refractivity contribution in [2.45, 2.75) is 26.8 Å². The van der Waals surface area contributed by atoms with Gasteiger partial charge in [0.15, 0.2) is 0 Å². The Kier molecular flexibility index (Phi) is 6.24. The summed E-state index contributed by atoms with van der Waals surface area (Å²) >= 11 is 0. The second-order valence-corrected chi connectivity index (χ2v) is 6.81. The number of carboxylic acid groups (broad SMARTS) is 1. The van der Waals surface area contributed by atoms with Crippen molar-refractivity contribution < 1.29 is 14.7 Å². The predicted octanol–water partition coefficient (Wildman–Crippen LogP) is 3.83. The third-order valence-corrected chi connectivity index (χ3v) is 4.64. The Balaban J connectivity index is 1.63. The van der Waals surface area contributed by atoms with Gasteiger partial charge in [-0.2, -0.15) is 5.10 Å². The number of aryl methyl sites for hydroxylation is 1. The Hall–Kier alpha value is -3.67. The van der Waals surface area contributed by atoms with Crippen molar-refractivity contribution in [1.82, 2.24) is 9.78 Å². The number of benzene rings is 2. The van der Waals surface area contributed by atoms with Gasteiger partial charge in [0.25, 0.3) is 0 Å². The van der Waals surface area contributed by atoms with Gasteiger partial charge in [-0.3, -0.25) is 14.3 Å². The van der Waals surface area contributed by atoms with Crippen molar-refractivity contribution in [1.29, 1.82) is 0 Å². The molecule has 1 amide bonds. The molecule has 0 unspecified atom stereocenters. The third kappa shape index (κ3) is 5.42. The van der Waals surface area contributed by atoms with Crippen LogP contribution in [-0.4, -0.2) is 26.8 Å². The SMILES string of the molecule is Cc1nn(Cc2ccc(NC(=O)C=Cc3ccccc3)cc2)c(C)c1CC(=O)O. The molecule has 2 aromatic carbocycles. The Morgan fingerprint density at radius 2 is 1.76 bits per heavy atom. The normalized spacial score (nSPS) is 11.0. The summed E-state index contributed by atoms with van der Waals surface area (Å²) < 4.78 is 1.81. The first-order valence-electron chi connectivity index (χ1n) is 9.30.